The fraction of sp³-hybridized carbons (Fsp3) is 0.700. The van der Waals surface area contributed by atoms with Crippen LogP contribution >= 0.6 is 0 Å². The van der Waals surface area contributed by atoms with E-state index in [0.29, 0.717) is 17.7 Å². The van der Waals surface area contributed by atoms with E-state index in [-0.39, 0.29) is 11.9 Å². The Bertz CT molecular complexity index is 516. The Morgan fingerprint density at radius 2 is 1.96 bits per heavy atom. The van der Waals surface area contributed by atoms with E-state index in [4.69, 9.17) is 4.74 Å². The fourth-order valence-electron chi connectivity index (χ4n) is 4.34. The molecule has 134 valence electrons. The van der Waals surface area contributed by atoms with Crippen molar-refractivity contribution in [1.29, 1.82) is 0 Å². The van der Waals surface area contributed by atoms with Gasteiger partial charge in [-0.05, 0) is 75.0 Å². The highest BCUT2D eigenvalue weighted by Gasteiger charge is 2.30. The number of benzene rings is 1. The summed E-state index contributed by atoms with van der Waals surface area (Å²) in [4.78, 5) is 0. The topological polar surface area (TPSA) is 41.5 Å². The molecule has 0 aromatic heterocycles. The molecule has 4 heteroatoms. The third kappa shape index (κ3) is 4.56. The van der Waals surface area contributed by atoms with E-state index in [2.05, 4.69) is 5.32 Å². The molecule has 0 spiro atoms. The Morgan fingerprint density at radius 3 is 2.67 bits per heavy atom. The predicted molar refractivity (Wildman–Crippen MR) is 93.3 cm³/mol. The molecule has 1 aliphatic carbocycles. The van der Waals surface area contributed by atoms with Crippen molar-refractivity contribution < 1.29 is 14.2 Å². The third-order valence-corrected chi connectivity index (χ3v) is 5.90. The molecule has 3 atom stereocenters. The van der Waals surface area contributed by atoms with Crippen LogP contribution in [0, 0.1) is 11.7 Å². The molecule has 1 saturated carbocycles. The largest absolute Gasteiger partial charge is 0.387 e. The van der Waals surface area contributed by atoms with E-state index in [9.17, 15) is 9.50 Å². The molecule has 1 aliphatic heterocycles. The molecule has 0 bridgehead atoms. The summed E-state index contributed by atoms with van der Waals surface area (Å²) in [5.41, 5.74) is 0.672. The van der Waals surface area contributed by atoms with Crippen molar-refractivity contribution in [3.63, 3.8) is 0 Å². The average molecular weight is 335 g/mol. The molecular weight excluding hydrogens is 305 g/mol. The van der Waals surface area contributed by atoms with E-state index in [1.165, 1.54) is 50.7 Å². The average Bonchev–Trinajstić information content (AvgIpc) is 3.09. The summed E-state index contributed by atoms with van der Waals surface area (Å²) in [7, 11) is 1.82. The van der Waals surface area contributed by atoms with Crippen LogP contribution in [0.2, 0.25) is 0 Å². The summed E-state index contributed by atoms with van der Waals surface area (Å²) in [6.07, 6.45) is 9.29. The highest BCUT2D eigenvalue weighted by molar-refractivity contribution is 5.20. The van der Waals surface area contributed by atoms with E-state index in [1.54, 1.807) is 12.1 Å². The highest BCUT2D eigenvalue weighted by Crippen LogP contribution is 2.32. The quantitative estimate of drug-likeness (QED) is 0.827. The second kappa shape index (κ2) is 8.41. The number of aliphatic hydroxyl groups excluding tert-OH is 1. The molecule has 2 fully saturated rings. The van der Waals surface area contributed by atoms with Gasteiger partial charge in [0.1, 0.15) is 5.82 Å². The number of ether oxygens (including phenoxy) is 1. The zero-order valence-electron chi connectivity index (χ0n) is 14.6. The van der Waals surface area contributed by atoms with Crippen LogP contribution < -0.4 is 5.32 Å². The third-order valence-electron chi connectivity index (χ3n) is 5.90. The van der Waals surface area contributed by atoms with Gasteiger partial charge in [-0.15, -0.1) is 0 Å². The van der Waals surface area contributed by atoms with Crippen LogP contribution in [0.15, 0.2) is 24.3 Å². The highest BCUT2D eigenvalue weighted by atomic mass is 19.1. The normalized spacial score (nSPS) is 32.0. The molecule has 24 heavy (non-hydrogen) atoms. The van der Waals surface area contributed by atoms with Crippen molar-refractivity contribution in [2.24, 2.45) is 5.92 Å². The summed E-state index contributed by atoms with van der Waals surface area (Å²) in [6.45, 7) is 0. The SMILES string of the molecule is CO[C@H]1CC[C@H](CC[C@@H]2CC[C@H]([C@H](O)c3cccc(F)c3)N2)CC1. The monoisotopic (exact) mass is 335 g/mol. The Kier molecular flexibility index (Phi) is 6.25. The van der Waals surface area contributed by atoms with Gasteiger partial charge in [0.25, 0.3) is 0 Å². The van der Waals surface area contributed by atoms with Gasteiger partial charge in [0.05, 0.1) is 12.2 Å². The first-order valence-corrected chi connectivity index (χ1v) is 9.38. The minimum atomic E-state index is -0.622. The van der Waals surface area contributed by atoms with Crippen LogP contribution in [0.1, 0.15) is 63.0 Å². The van der Waals surface area contributed by atoms with Crippen LogP contribution in [0.3, 0.4) is 0 Å². The lowest BCUT2D eigenvalue weighted by Gasteiger charge is -2.28. The first kappa shape index (κ1) is 17.8. The number of hydrogen-bond donors (Lipinski definition) is 2. The van der Waals surface area contributed by atoms with E-state index < -0.39 is 6.10 Å². The van der Waals surface area contributed by atoms with Crippen molar-refractivity contribution >= 4 is 0 Å². The Labute approximate surface area is 144 Å². The maximum absolute atomic E-state index is 13.3. The van der Waals surface area contributed by atoms with Gasteiger partial charge in [0.15, 0.2) is 0 Å². The molecule has 1 aromatic rings. The summed E-state index contributed by atoms with van der Waals surface area (Å²) < 4.78 is 18.8. The number of methoxy groups -OCH3 is 1. The lowest BCUT2D eigenvalue weighted by atomic mass is 9.83. The first-order valence-electron chi connectivity index (χ1n) is 9.38. The minimum absolute atomic E-state index is 0.0426. The number of rotatable bonds is 6. The lowest BCUT2D eigenvalue weighted by molar-refractivity contribution is 0.0548. The van der Waals surface area contributed by atoms with Crippen LogP contribution in [0.4, 0.5) is 4.39 Å². The molecule has 1 aromatic carbocycles. The fourth-order valence-corrected chi connectivity index (χ4v) is 4.34. The Morgan fingerprint density at radius 1 is 1.17 bits per heavy atom. The smallest absolute Gasteiger partial charge is 0.123 e. The van der Waals surface area contributed by atoms with Crippen LogP contribution in [-0.2, 0) is 4.74 Å². The molecule has 0 radical (unpaired) electrons. The summed E-state index contributed by atoms with van der Waals surface area (Å²) in [5.74, 6) is 0.540. The molecule has 3 nitrogen and oxygen atoms in total. The maximum Gasteiger partial charge on any atom is 0.123 e. The van der Waals surface area contributed by atoms with E-state index in [1.807, 2.05) is 7.11 Å². The van der Waals surface area contributed by atoms with Gasteiger partial charge in [-0.1, -0.05) is 12.1 Å². The number of halogens is 1. The second-order valence-corrected chi connectivity index (χ2v) is 7.50. The van der Waals surface area contributed by atoms with Gasteiger partial charge < -0.3 is 15.2 Å². The van der Waals surface area contributed by atoms with Crippen molar-refractivity contribution in [2.45, 2.75) is 75.7 Å². The van der Waals surface area contributed by atoms with Crippen LogP contribution in [0.25, 0.3) is 0 Å². The van der Waals surface area contributed by atoms with Crippen LogP contribution in [-0.4, -0.2) is 30.4 Å². The van der Waals surface area contributed by atoms with Gasteiger partial charge in [-0.3, -0.25) is 0 Å². The Balaban J connectivity index is 1.42. The van der Waals surface area contributed by atoms with Gasteiger partial charge in [-0.25, -0.2) is 4.39 Å². The van der Waals surface area contributed by atoms with Gasteiger partial charge in [0.2, 0.25) is 0 Å². The van der Waals surface area contributed by atoms with Gasteiger partial charge >= 0.3 is 0 Å². The molecule has 0 unspecified atom stereocenters. The maximum atomic E-state index is 13.3. The Hall–Kier alpha value is -0.970. The molecule has 2 N–H and O–H groups in total. The standard InChI is InChI=1S/C20H30FNO2/c1-24-18-10-6-14(7-11-18)5-8-17-9-12-19(22-17)20(23)15-3-2-4-16(21)13-15/h2-4,13-14,17-20,22-23H,5-12H2,1H3/t14-,17-,18-,19-,20-/m1/s1. The summed E-state index contributed by atoms with van der Waals surface area (Å²) in [5, 5.41) is 14.1. The predicted octanol–water partition coefficient (Wildman–Crippen LogP) is 3.97. The molecule has 3 rings (SSSR count). The van der Waals surface area contributed by atoms with Crippen molar-refractivity contribution in [1.82, 2.24) is 5.32 Å². The van der Waals surface area contributed by atoms with E-state index >= 15 is 0 Å². The van der Waals surface area contributed by atoms with Gasteiger partial charge in [-0.2, -0.15) is 0 Å². The minimum Gasteiger partial charge on any atom is -0.387 e. The molecular formula is C20H30FNO2. The van der Waals surface area contributed by atoms with E-state index in [0.717, 1.165) is 18.8 Å². The lowest BCUT2D eigenvalue weighted by Crippen LogP contribution is -2.34. The summed E-state index contributed by atoms with van der Waals surface area (Å²) >= 11 is 0. The zero-order chi connectivity index (χ0) is 16.9. The second-order valence-electron chi connectivity index (χ2n) is 7.50. The number of aliphatic hydroxyl groups is 1. The molecule has 1 heterocycles. The van der Waals surface area contributed by atoms with Crippen molar-refractivity contribution in [3.05, 3.63) is 35.6 Å². The van der Waals surface area contributed by atoms with Crippen molar-refractivity contribution in [2.75, 3.05) is 7.11 Å². The molecule has 1 saturated heterocycles. The van der Waals surface area contributed by atoms with Crippen molar-refractivity contribution in [3.8, 4) is 0 Å². The molecule has 2 aliphatic rings. The summed E-state index contributed by atoms with van der Waals surface area (Å²) in [6, 6.07) is 6.85. The number of nitrogens with one attached hydrogen (secondary N) is 1. The zero-order valence-corrected chi connectivity index (χ0v) is 14.6. The number of hydrogen-bond acceptors (Lipinski definition) is 3. The van der Waals surface area contributed by atoms with Gasteiger partial charge in [0, 0.05) is 19.2 Å². The molecule has 0 amide bonds. The van der Waals surface area contributed by atoms with Crippen LogP contribution in [0.5, 0.6) is 0 Å². The first-order chi connectivity index (χ1) is 11.7.